The molecule has 0 aliphatic heterocycles. The molecule has 0 aliphatic rings. The van der Waals surface area contributed by atoms with Gasteiger partial charge >= 0.3 is 0 Å². The van der Waals surface area contributed by atoms with Crippen molar-refractivity contribution >= 4 is 0 Å². The van der Waals surface area contributed by atoms with Gasteiger partial charge in [0.15, 0.2) is 0 Å². The van der Waals surface area contributed by atoms with Crippen LogP contribution >= 0.6 is 0 Å². The van der Waals surface area contributed by atoms with Crippen LogP contribution in [0.15, 0.2) is 25.8 Å². The van der Waals surface area contributed by atoms with E-state index < -0.39 is 0 Å². The highest BCUT2D eigenvalue weighted by molar-refractivity contribution is 4.63. The fourth-order valence-corrected chi connectivity index (χ4v) is 6.38. The van der Waals surface area contributed by atoms with Gasteiger partial charge in [0.25, 0.3) is 0 Å². The van der Waals surface area contributed by atoms with E-state index in [1.54, 1.807) is 0 Å². The highest BCUT2D eigenvalue weighted by Crippen LogP contribution is 2.24. The molecule has 1 atom stereocenters. The molecule has 1 unspecified atom stereocenters. The summed E-state index contributed by atoms with van der Waals surface area (Å²) in [5.74, 6) is 1.03. The molecule has 0 aromatic rings. The monoisotopic (exact) mass is 678 g/mol. The van der Waals surface area contributed by atoms with Crippen molar-refractivity contribution in [2.45, 2.75) is 254 Å². The van der Waals surface area contributed by atoms with Gasteiger partial charge < -0.3 is 4.90 Å². The first kappa shape index (κ1) is 54.2. The third kappa shape index (κ3) is 54.9. The minimum atomic E-state index is 1.03. The molecule has 48 heavy (non-hydrogen) atoms. The molecule has 0 aromatic heterocycles. The first-order chi connectivity index (χ1) is 23.6. The molecule has 0 saturated heterocycles. The van der Waals surface area contributed by atoms with E-state index in [-0.39, 0.29) is 0 Å². The first-order valence-electron chi connectivity index (χ1n) is 22.4. The fraction of sp³-hybridized carbons (Fsp3) is 0.915. The molecule has 0 heterocycles. The molecule has 0 bridgehead atoms. The van der Waals surface area contributed by atoms with Gasteiger partial charge in [0.05, 0.1) is 0 Å². The average Bonchev–Trinajstić information content (AvgIpc) is 3.12. The minimum Gasteiger partial charge on any atom is -0.304 e. The number of unbranched alkanes of at least 4 members (excludes halogenated alkanes) is 23. The maximum Gasteiger partial charge on any atom is -0.00189 e. The Morgan fingerprint density at radius 3 is 0.854 bits per heavy atom. The van der Waals surface area contributed by atoms with Gasteiger partial charge in [-0.1, -0.05) is 241 Å². The van der Waals surface area contributed by atoms with E-state index in [1.165, 1.54) is 219 Å². The Labute approximate surface area is 309 Å². The zero-order chi connectivity index (χ0) is 36.6. The van der Waals surface area contributed by atoms with Gasteiger partial charge in [0, 0.05) is 0 Å². The van der Waals surface area contributed by atoms with E-state index >= 15 is 0 Å². The highest BCUT2D eigenvalue weighted by atomic mass is 15.1. The Kier molecular flexibility index (Phi) is 63.1. The maximum absolute atomic E-state index is 3.48. The molecule has 0 rings (SSSR count). The Bertz CT molecular complexity index is 491. The van der Waals surface area contributed by atoms with E-state index in [0.717, 1.165) is 12.3 Å². The van der Waals surface area contributed by atoms with E-state index in [1.807, 2.05) is 6.08 Å². The van der Waals surface area contributed by atoms with Crippen LogP contribution in [0, 0.1) is 5.92 Å². The van der Waals surface area contributed by atoms with Gasteiger partial charge in [-0.05, 0) is 44.8 Å². The first-order valence-corrected chi connectivity index (χ1v) is 22.4. The fourth-order valence-electron chi connectivity index (χ4n) is 6.38. The van der Waals surface area contributed by atoms with Crippen molar-refractivity contribution in [2.24, 2.45) is 5.92 Å². The largest absolute Gasteiger partial charge is 0.304 e. The van der Waals surface area contributed by atoms with Crippen molar-refractivity contribution in [3.8, 4) is 0 Å². The predicted octanol–water partition coefficient (Wildman–Crippen LogP) is 17.5. The summed E-state index contributed by atoms with van der Waals surface area (Å²) in [6.45, 7) is 29.3. The summed E-state index contributed by atoms with van der Waals surface area (Å²) in [4.78, 5) is 2.70. The van der Waals surface area contributed by atoms with Crippen LogP contribution < -0.4 is 0 Å². The van der Waals surface area contributed by atoms with Crippen LogP contribution in [0.3, 0.4) is 0 Å². The lowest BCUT2D eigenvalue weighted by Gasteiger charge is -2.20. The molecular formula is C47H99N. The molecule has 0 aliphatic carbocycles. The number of rotatable bonds is 35. The summed E-state index contributed by atoms with van der Waals surface area (Å²) < 4.78 is 0. The molecule has 0 amide bonds. The number of hydrogen-bond donors (Lipinski definition) is 0. The molecule has 0 N–H and O–H groups in total. The SMILES string of the molecule is C=C.C=CCC.CCCCCCCCCC.CCCCCCCCN(CC)CCCCCCCC(CCCCCC)CCCCCCC. The number of allylic oxidation sites excluding steroid dienone is 1. The van der Waals surface area contributed by atoms with Gasteiger partial charge in [0.1, 0.15) is 0 Å². The molecule has 1 nitrogen and oxygen atoms in total. The summed E-state index contributed by atoms with van der Waals surface area (Å²) in [6.07, 6.45) is 47.8. The van der Waals surface area contributed by atoms with Crippen molar-refractivity contribution in [2.75, 3.05) is 19.6 Å². The minimum absolute atomic E-state index is 1.03. The Morgan fingerprint density at radius 1 is 0.375 bits per heavy atom. The Morgan fingerprint density at radius 2 is 0.604 bits per heavy atom. The van der Waals surface area contributed by atoms with Crippen LogP contribution in [0.2, 0.25) is 0 Å². The van der Waals surface area contributed by atoms with Crippen molar-refractivity contribution in [3.05, 3.63) is 25.8 Å². The summed E-state index contributed by atoms with van der Waals surface area (Å²) in [5, 5.41) is 0. The van der Waals surface area contributed by atoms with Crippen LogP contribution in [-0.4, -0.2) is 24.5 Å². The molecular weight excluding hydrogens is 579 g/mol. The van der Waals surface area contributed by atoms with E-state index in [4.69, 9.17) is 0 Å². The van der Waals surface area contributed by atoms with Gasteiger partial charge in [-0.15, -0.1) is 19.7 Å². The molecule has 0 fully saturated rings. The lowest BCUT2D eigenvalue weighted by atomic mass is 9.89. The van der Waals surface area contributed by atoms with Crippen LogP contribution in [0.1, 0.15) is 254 Å². The normalized spacial score (nSPS) is 11.2. The summed E-state index contributed by atoms with van der Waals surface area (Å²) >= 11 is 0. The molecule has 292 valence electrons. The zero-order valence-corrected chi connectivity index (χ0v) is 35.5. The second-order valence-electron chi connectivity index (χ2n) is 14.5. The quantitative estimate of drug-likeness (QED) is 0.0477. The number of hydrogen-bond acceptors (Lipinski definition) is 1. The Balaban J connectivity index is -0.000000498. The van der Waals surface area contributed by atoms with Crippen LogP contribution in [0.5, 0.6) is 0 Å². The molecule has 0 saturated carbocycles. The van der Waals surface area contributed by atoms with Crippen molar-refractivity contribution in [1.82, 2.24) is 4.90 Å². The smallest absolute Gasteiger partial charge is 0.00189 e. The van der Waals surface area contributed by atoms with E-state index in [0.29, 0.717) is 0 Å². The van der Waals surface area contributed by atoms with Gasteiger partial charge in [0.2, 0.25) is 0 Å². The molecule has 0 spiro atoms. The lowest BCUT2D eigenvalue weighted by Crippen LogP contribution is -2.25. The molecule has 1 heteroatoms. The lowest BCUT2D eigenvalue weighted by molar-refractivity contribution is 0.273. The molecule has 0 aromatic carbocycles. The third-order valence-corrected chi connectivity index (χ3v) is 9.79. The van der Waals surface area contributed by atoms with Gasteiger partial charge in [-0.25, -0.2) is 0 Å². The number of nitrogens with zero attached hydrogens (tertiary/aromatic N) is 1. The second-order valence-corrected chi connectivity index (χ2v) is 14.5. The van der Waals surface area contributed by atoms with E-state index in [9.17, 15) is 0 Å². The van der Waals surface area contributed by atoms with Crippen LogP contribution in [0.25, 0.3) is 0 Å². The third-order valence-electron chi connectivity index (χ3n) is 9.79. The second kappa shape index (κ2) is 55.8. The van der Waals surface area contributed by atoms with Crippen molar-refractivity contribution in [3.63, 3.8) is 0 Å². The van der Waals surface area contributed by atoms with Crippen molar-refractivity contribution in [1.29, 1.82) is 0 Å². The Hall–Kier alpha value is -0.560. The van der Waals surface area contributed by atoms with Crippen LogP contribution in [-0.2, 0) is 0 Å². The topological polar surface area (TPSA) is 3.24 Å². The predicted molar refractivity (Wildman–Crippen MR) is 229 cm³/mol. The summed E-state index contributed by atoms with van der Waals surface area (Å²) in [5.41, 5.74) is 0. The van der Waals surface area contributed by atoms with Gasteiger partial charge in [-0.2, -0.15) is 0 Å². The summed E-state index contributed by atoms with van der Waals surface area (Å²) in [6, 6.07) is 0. The average molecular weight is 678 g/mol. The summed E-state index contributed by atoms with van der Waals surface area (Å²) in [7, 11) is 0. The zero-order valence-electron chi connectivity index (χ0n) is 35.5. The maximum atomic E-state index is 3.48. The van der Waals surface area contributed by atoms with Gasteiger partial charge in [-0.3, -0.25) is 0 Å². The standard InChI is InChI=1S/C31H65N.C10H22.C4H8.C2H4/c1-5-9-12-15-19-24-29-32(8-4)30-25-20-16-18-23-28-31(26-21-14-11-7-3)27-22-17-13-10-6-2;1-3-5-7-9-10-8-6-4-2;1-3-4-2;1-2/h31H,5-30H2,1-4H3;3-10H2,1-2H3;3H,1,4H2,2H3;1-2H2. The molecule has 0 radical (unpaired) electrons. The van der Waals surface area contributed by atoms with Crippen molar-refractivity contribution < 1.29 is 0 Å². The highest BCUT2D eigenvalue weighted by Gasteiger charge is 2.09. The van der Waals surface area contributed by atoms with Crippen LogP contribution in [0.4, 0.5) is 0 Å². The van der Waals surface area contributed by atoms with E-state index in [2.05, 4.69) is 73.1 Å².